The van der Waals surface area contributed by atoms with Crippen LogP contribution in [0.2, 0.25) is 0 Å². The Morgan fingerprint density at radius 1 is 1.19 bits per heavy atom. The third kappa shape index (κ3) is 2.42. The van der Waals surface area contributed by atoms with Crippen molar-refractivity contribution in [1.29, 1.82) is 0 Å². The number of rotatable bonds is 3. The fourth-order valence-corrected chi connectivity index (χ4v) is 1.49. The van der Waals surface area contributed by atoms with E-state index in [4.69, 9.17) is 0 Å². The Morgan fingerprint density at radius 2 is 2.06 bits per heavy atom. The highest BCUT2D eigenvalue weighted by atomic mass is 16.6. The van der Waals surface area contributed by atoms with Crippen LogP contribution >= 0.6 is 0 Å². The number of nitrogens with zero attached hydrogens (tertiary/aromatic N) is 2. The van der Waals surface area contributed by atoms with Gasteiger partial charge in [-0.05, 0) is 17.7 Å². The monoisotopic (exact) mass is 214 g/mol. The van der Waals surface area contributed by atoms with Gasteiger partial charge in [-0.25, -0.2) is 0 Å². The van der Waals surface area contributed by atoms with E-state index in [2.05, 4.69) is 4.98 Å². The quantitative estimate of drug-likeness (QED) is 0.582. The van der Waals surface area contributed by atoms with Crippen molar-refractivity contribution >= 4 is 5.69 Å². The molecule has 0 atom stereocenters. The maximum absolute atomic E-state index is 10.6. The van der Waals surface area contributed by atoms with E-state index in [1.807, 2.05) is 24.3 Å². The zero-order chi connectivity index (χ0) is 11.4. The molecule has 2 aromatic rings. The van der Waals surface area contributed by atoms with Crippen LogP contribution in [-0.2, 0) is 6.42 Å². The third-order valence-electron chi connectivity index (χ3n) is 2.23. The Bertz CT molecular complexity index is 497. The minimum Gasteiger partial charge on any atom is -0.261 e. The van der Waals surface area contributed by atoms with Gasteiger partial charge in [-0.2, -0.15) is 0 Å². The molecular formula is C12H10N2O2. The standard InChI is InChI=1S/C12H10N2O2/c15-14(16)12-6-3-4-10(9-12)8-11-5-1-2-7-13-11/h1-7,9H,8H2. The van der Waals surface area contributed by atoms with Gasteiger partial charge >= 0.3 is 0 Å². The second-order valence-corrected chi connectivity index (χ2v) is 3.42. The van der Waals surface area contributed by atoms with Gasteiger partial charge in [0.1, 0.15) is 0 Å². The fraction of sp³-hybridized carbons (Fsp3) is 0.0833. The molecule has 80 valence electrons. The van der Waals surface area contributed by atoms with Gasteiger partial charge in [-0.15, -0.1) is 0 Å². The van der Waals surface area contributed by atoms with Crippen LogP contribution in [-0.4, -0.2) is 9.91 Å². The van der Waals surface area contributed by atoms with Gasteiger partial charge in [0, 0.05) is 30.4 Å². The highest BCUT2D eigenvalue weighted by molar-refractivity contribution is 5.35. The van der Waals surface area contributed by atoms with Crippen molar-refractivity contribution in [3.63, 3.8) is 0 Å². The molecule has 16 heavy (non-hydrogen) atoms. The highest BCUT2D eigenvalue weighted by Crippen LogP contribution is 2.15. The van der Waals surface area contributed by atoms with Gasteiger partial charge in [-0.1, -0.05) is 18.2 Å². The maximum Gasteiger partial charge on any atom is 0.269 e. The Labute approximate surface area is 92.7 Å². The summed E-state index contributed by atoms with van der Waals surface area (Å²) in [7, 11) is 0. The van der Waals surface area contributed by atoms with Crippen LogP contribution in [0.1, 0.15) is 11.3 Å². The van der Waals surface area contributed by atoms with Crippen LogP contribution < -0.4 is 0 Å². The van der Waals surface area contributed by atoms with Gasteiger partial charge in [-0.3, -0.25) is 15.1 Å². The number of nitro groups is 1. The first kappa shape index (κ1) is 10.3. The molecule has 0 N–H and O–H groups in total. The summed E-state index contributed by atoms with van der Waals surface area (Å²) in [6.45, 7) is 0. The van der Waals surface area contributed by atoms with Crippen LogP contribution in [0, 0.1) is 10.1 Å². The van der Waals surface area contributed by atoms with Gasteiger partial charge in [0.05, 0.1) is 4.92 Å². The largest absolute Gasteiger partial charge is 0.269 e. The second-order valence-electron chi connectivity index (χ2n) is 3.42. The van der Waals surface area contributed by atoms with Crippen LogP contribution in [0.3, 0.4) is 0 Å². The lowest BCUT2D eigenvalue weighted by Crippen LogP contribution is -1.93. The lowest BCUT2D eigenvalue weighted by Gasteiger charge is -2.00. The van der Waals surface area contributed by atoms with Crippen LogP contribution in [0.5, 0.6) is 0 Å². The fourth-order valence-electron chi connectivity index (χ4n) is 1.49. The van der Waals surface area contributed by atoms with E-state index < -0.39 is 0 Å². The number of non-ortho nitro benzene ring substituents is 1. The van der Waals surface area contributed by atoms with Crippen LogP contribution in [0.15, 0.2) is 48.7 Å². The van der Waals surface area contributed by atoms with Gasteiger partial charge < -0.3 is 0 Å². The molecule has 4 heteroatoms. The average molecular weight is 214 g/mol. The predicted octanol–water partition coefficient (Wildman–Crippen LogP) is 2.58. The molecule has 1 heterocycles. The molecule has 2 rings (SSSR count). The number of nitro benzene ring substituents is 1. The van der Waals surface area contributed by atoms with Gasteiger partial charge in [0.15, 0.2) is 0 Å². The van der Waals surface area contributed by atoms with Crippen molar-refractivity contribution < 1.29 is 4.92 Å². The summed E-state index contributed by atoms with van der Waals surface area (Å²) in [5.74, 6) is 0. The first-order valence-electron chi connectivity index (χ1n) is 4.89. The molecular weight excluding hydrogens is 204 g/mol. The van der Waals surface area contributed by atoms with E-state index in [0.29, 0.717) is 6.42 Å². The molecule has 0 saturated heterocycles. The number of hydrogen-bond acceptors (Lipinski definition) is 3. The normalized spacial score (nSPS) is 10.0. The third-order valence-corrected chi connectivity index (χ3v) is 2.23. The topological polar surface area (TPSA) is 56.0 Å². The number of benzene rings is 1. The van der Waals surface area contributed by atoms with Gasteiger partial charge in [0.2, 0.25) is 0 Å². The molecule has 0 unspecified atom stereocenters. The van der Waals surface area contributed by atoms with Gasteiger partial charge in [0.25, 0.3) is 5.69 Å². The minimum atomic E-state index is -0.387. The van der Waals surface area contributed by atoms with Crippen molar-refractivity contribution in [2.24, 2.45) is 0 Å². The van der Waals surface area contributed by atoms with Crippen molar-refractivity contribution in [2.75, 3.05) is 0 Å². The maximum atomic E-state index is 10.6. The zero-order valence-electron chi connectivity index (χ0n) is 8.54. The van der Waals surface area contributed by atoms with Crippen LogP contribution in [0.25, 0.3) is 0 Å². The molecule has 0 bridgehead atoms. The van der Waals surface area contributed by atoms with Crippen molar-refractivity contribution in [3.8, 4) is 0 Å². The average Bonchev–Trinajstić information content (AvgIpc) is 2.30. The number of pyridine rings is 1. The summed E-state index contributed by atoms with van der Waals surface area (Å²) in [6.07, 6.45) is 2.33. The molecule has 0 fully saturated rings. The molecule has 0 aliphatic heterocycles. The molecule has 0 aliphatic carbocycles. The SMILES string of the molecule is O=[N+]([O-])c1cccc(Cc2ccccn2)c1. The zero-order valence-corrected chi connectivity index (χ0v) is 8.54. The van der Waals surface area contributed by atoms with Crippen molar-refractivity contribution in [1.82, 2.24) is 4.98 Å². The van der Waals surface area contributed by atoms with E-state index >= 15 is 0 Å². The summed E-state index contributed by atoms with van der Waals surface area (Å²) in [6, 6.07) is 12.3. The molecule has 0 amide bonds. The molecule has 1 aromatic heterocycles. The Balaban J connectivity index is 2.22. The summed E-state index contributed by atoms with van der Waals surface area (Å²) >= 11 is 0. The summed E-state index contributed by atoms with van der Waals surface area (Å²) in [4.78, 5) is 14.4. The first-order chi connectivity index (χ1) is 7.75. The molecule has 0 spiro atoms. The molecule has 0 aliphatic rings. The lowest BCUT2D eigenvalue weighted by molar-refractivity contribution is -0.384. The van der Waals surface area contributed by atoms with E-state index in [0.717, 1.165) is 11.3 Å². The summed E-state index contributed by atoms with van der Waals surface area (Å²) in [5.41, 5.74) is 1.92. The molecule has 0 radical (unpaired) electrons. The predicted molar refractivity (Wildman–Crippen MR) is 60.1 cm³/mol. The number of aromatic nitrogens is 1. The Hall–Kier alpha value is -2.23. The molecule has 1 aromatic carbocycles. The summed E-state index contributed by atoms with van der Waals surface area (Å²) in [5, 5.41) is 10.6. The first-order valence-corrected chi connectivity index (χ1v) is 4.89. The number of hydrogen-bond donors (Lipinski definition) is 0. The van der Waals surface area contributed by atoms with Crippen molar-refractivity contribution in [2.45, 2.75) is 6.42 Å². The van der Waals surface area contributed by atoms with Crippen molar-refractivity contribution in [3.05, 3.63) is 70.0 Å². The summed E-state index contributed by atoms with van der Waals surface area (Å²) < 4.78 is 0. The lowest BCUT2D eigenvalue weighted by atomic mass is 10.1. The van der Waals surface area contributed by atoms with E-state index in [9.17, 15) is 10.1 Å². The smallest absolute Gasteiger partial charge is 0.261 e. The second kappa shape index (κ2) is 4.53. The van der Waals surface area contributed by atoms with E-state index in [-0.39, 0.29) is 10.6 Å². The van der Waals surface area contributed by atoms with Crippen LogP contribution in [0.4, 0.5) is 5.69 Å². The molecule has 0 saturated carbocycles. The Kier molecular flexibility index (Phi) is 2.91. The van der Waals surface area contributed by atoms with E-state index in [1.165, 1.54) is 6.07 Å². The highest BCUT2D eigenvalue weighted by Gasteiger charge is 2.05. The minimum absolute atomic E-state index is 0.119. The van der Waals surface area contributed by atoms with E-state index in [1.54, 1.807) is 18.3 Å². The Morgan fingerprint density at radius 3 is 2.75 bits per heavy atom. The molecule has 4 nitrogen and oxygen atoms in total.